The fourth-order valence-corrected chi connectivity index (χ4v) is 3.27. The monoisotopic (exact) mass is 482 g/mol. The summed E-state index contributed by atoms with van der Waals surface area (Å²) in [6.07, 6.45) is -0.905. The van der Waals surface area contributed by atoms with Gasteiger partial charge in [-0.2, -0.15) is 8.42 Å². The lowest BCUT2D eigenvalue weighted by Crippen LogP contribution is -2.30. The van der Waals surface area contributed by atoms with Crippen LogP contribution in [0.5, 0.6) is 11.5 Å². The number of hydrogen-bond acceptors (Lipinski definition) is 8. The molecule has 1 aromatic rings. The molecule has 1 aliphatic carbocycles. The Morgan fingerprint density at radius 1 is 1.16 bits per heavy atom. The molecule has 2 rings (SSSR count). The van der Waals surface area contributed by atoms with E-state index in [0.717, 1.165) is 31.0 Å². The predicted molar refractivity (Wildman–Crippen MR) is 103 cm³/mol. The Hall–Kier alpha value is -2.80. The molecule has 0 aliphatic heterocycles. The normalized spacial score (nSPS) is 15.6. The molecule has 0 radical (unpaired) electrons. The number of carbonyl (C=O) groups is 2. The predicted octanol–water partition coefficient (Wildman–Crippen LogP) is 3.05. The molecule has 1 aliphatic rings. The molecule has 0 spiro atoms. The zero-order chi connectivity index (χ0) is 24.0. The maximum atomic E-state index is 12.8. The molecular weight excluding hydrogens is 461 g/mol. The first kappa shape index (κ1) is 25.5. The Morgan fingerprint density at radius 2 is 1.81 bits per heavy atom. The SMILES string of the molecule is C=CC1(Oc2cc(C(=O)OCC(=O)OCCS(=O)(=O)O)ccc2OC(F)(F)F)CCCC1. The molecule has 0 atom stereocenters. The van der Waals surface area contributed by atoms with Crippen LogP contribution in [0.3, 0.4) is 0 Å². The van der Waals surface area contributed by atoms with Gasteiger partial charge in [0.15, 0.2) is 18.1 Å². The molecule has 9 nitrogen and oxygen atoms in total. The van der Waals surface area contributed by atoms with E-state index < -0.39 is 58.7 Å². The molecular formula is C19H21F3O9S. The Bertz CT molecular complexity index is 951. The number of hydrogen-bond donors (Lipinski definition) is 1. The minimum Gasteiger partial charge on any atom is -0.479 e. The molecule has 1 N–H and O–H groups in total. The molecule has 178 valence electrons. The molecule has 13 heteroatoms. The van der Waals surface area contributed by atoms with Crippen LogP contribution in [0.25, 0.3) is 0 Å². The standard InChI is InChI=1S/C19H21F3O9S/c1-2-18(7-3-4-8-18)30-15-11-13(5-6-14(15)31-19(20,21)22)17(24)29-12-16(23)28-9-10-32(25,26)27/h2,5-6,11H,1,3-4,7-10,12H2,(H,25,26,27). The Balaban J connectivity index is 2.11. The van der Waals surface area contributed by atoms with Crippen LogP contribution in [0.2, 0.25) is 0 Å². The van der Waals surface area contributed by atoms with Gasteiger partial charge in [0, 0.05) is 0 Å². The summed E-state index contributed by atoms with van der Waals surface area (Å²) >= 11 is 0. The van der Waals surface area contributed by atoms with Gasteiger partial charge in [0.25, 0.3) is 10.1 Å². The maximum Gasteiger partial charge on any atom is 0.573 e. The van der Waals surface area contributed by atoms with Gasteiger partial charge in [-0.3, -0.25) is 4.55 Å². The molecule has 0 amide bonds. The van der Waals surface area contributed by atoms with E-state index in [0.29, 0.717) is 12.8 Å². The Morgan fingerprint density at radius 3 is 2.38 bits per heavy atom. The summed E-state index contributed by atoms with van der Waals surface area (Å²) in [5.74, 6) is -4.01. The highest BCUT2D eigenvalue weighted by atomic mass is 32.2. The van der Waals surface area contributed by atoms with Crippen molar-refractivity contribution in [3.63, 3.8) is 0 Å². The molecule has 32 heavy (non-hydrogen) atoms. The summed E-state index contributed by atoms with van der Waals surface area (Å²) in [5.41, 5.74) is -1.14. The lowest BCUT2D eigenvalue weighted by molar-refractivity contribution is -0.275. The molecule has 0 aromatic heterocycles. The molecule has 1 fully saturated rings. The van der Waals surface area contributed by atoms with Crippen LogP contribution in [-0.2, 0) is 24.4 Å². The second kappa shape index (κ2) is 10.2. The van der Waals surface area contributed by atoms with Crippen LogP contribution >= 0.6 is 0 Å². The largest absolute Gasteiger partial charge is 0.573 e. The van der Waals surface area contributed by atoms with Gasteiger partial charge in [0.2, 0.25) is 0 Å². The van der Waals surface area contributed by atoms with E-state index in [-0.39, 0.29) is 11.3 Å². The van der Waals surface area contributed by atoms with E-state index in [2.05, 4.69) is 16.1 Å². The summed E-state index contributed by atoms with van der Waals surface area (Å²) in [6, 6.07) is 2.88. The van der Waals surface area contributed by atoms with E-state index in [1.807, 2.05) is 0 Å². The summed E-state index contributed by atoms with van der Waals surface area (Å²) in [6.45, 7) is 2.13. The van der Waals surface area contributed by atoms with Gasteiger partial charge >= 0.3 is 18.3 Å². The molecule has 0 unspecified atom stereocenters. The van der Waals surface area contributed by atoms with E-state index in [1.54, 1.807) is 0 Å². The Kier molecular flexibility index (Phi) is 8.13. The summed E-state index contributed by atoms with van der Waals surface area (Å²) in [4.78, 5) is 23.7. The fraction of sp³-hybridized carbons (Fsp3) is 0.474. The van der Waals surface area contributed by atoms with Crippen LogP contribution in [0.1, 0.15) is 36.0 Å². The molecule has 0 heterocycles. The van der Waals surface area contributed by atoms with E-state index >= 15 is 0 Å². The van der Waals surface area contributed by atoms with Gasteiger partial charge in [-0.1, -0.05) is 6.58 Å². The van der Waals surface area contributed by atoms with Gasteiger partial charge in [0.05, 0.1) is 5.56 Å². The smallest absolute Gasteiger partial charge is 0.479 e. The fourth-order valence-electron chi connectivity index (χ4n) is 2.97. The van der Waals surface area contributed by atoms with Crippen LogP contribution in [0.15, 0.2) is 30.9 Å². The first-order chi connectivity index (χ1) is 14.8. The van der Waals surface area contributed by atoms with Crippen molar-refractivity contribution in [1.82, 2.24) is 0 Å². The third kappa shape index (κ3) is 8.04. The van der Waals surface area contributed by atoms with Crippen molar-refractivity contribution in [2.24, 2.45) is 0 Å². The minimum atomic E-state index is -5.00. The van der Waals surface area contributed by atoms with Crippen molar-refractivity contribution in [1.29, 1.82) is 0 Å². The molecule has 1 aromatic carbocycles. The molecule has 0 bridgehead atoms. The van der Waals surface area contributed by atoms with Crippen LogP contribution < -0.4 is 9.47 Å². The zero-order valence-electron chi connectivity index (χ0n) is 16.7. The van der Waals surface area contributed by atoms with Gasteiger partial charge in [-0.15, -0.1) is 13.2 Å². The lowest BCUT2D eigenvalue weighted by Gasteiger charge is -2.28. The number of halogens is 3. The Labute approximate surface area is 181 Å². The lowest BCUT2D eigenvalue weighted by atomic mass is 10.0. The van der Waals surface area contributed by atoms with Crippen molar-refractivity contribution in [3.8, 4) is 11.5 Å². The van der Waals surface area contributed by atoms with Gasteiger partial charge in [-0.25, -0.2) is 9.59 Å². The van der Waals surface area contributed by atoms with E-state index in [9.17, 15) is 31.2 Å². The van der Waals surface area contributed by atoms with Gasteiger partial charge in [0.1, 0.15) is 18.0 Å². The number of rotatable bonds is 10. The topological polar surface area (TPSA) is 125 Å². The van der Waals surface area contributed by atoms with Crippen LogP contribution in [0, 0.1) is 0 Å². The molecule has 0 saturated heterocycles. The van der Waals surface area contributed by atoms with E-state index in [1.165, 1.54) is 6.08 Å². The highest BCUT2D eigenvalue weighted by Crippen LogP contribution is 2.40. The highest BCUT2D eigenvalue weighted by molar-refractivity contribution is 7.85. The quantitative estimate of drug-likeness (QED) is 0.304. The number of ether oxygens (including phenoxy) is 4. The molecule has 1 saturated carbocycles. The average Bonchev–Trinajstić information content (AvgIpc) is 3.14. The second-order valence-electron chi connectivity index (χ2n) is 6.87. The number of carbonyl (C=O) groups excluding carboxylic acids is 2. The van der Waals surface area contributed by atoms with Gasteiger partial charge in [-0.05, 0) is 50.0 Å². The van der Waals surface area contributed by atoms with E-state index in [4.69, 9.17) is 14.0 Å². The minimum absolute atomic E-state index is 0.225. The highest BCUT2D eigenvalue weighted by Gasteiger charge is 2.37. The first-order valence-corrected chi connectivity index (χ1v) is 10.9. The van der Waals surface area contributed by atoms with Crippen molar-refractivity contribution in [2.75, 3.05) is 19.0 Å². The second-order valence-corrected chi connectivity index (χ2v) is 8.44. The number of alkyl halides is 3. The van der Waals surface area contributed by atoms with Crippen molar-refractivity contribution in [2.45, 2.75) is 37.6 Å². The summed E-state index contributed by atoms with van der Waals surface area (Å²) < 4.78 is 86.9. The average molecular weight is 482 g/mol. The first-order valence-electron chi connectivity index (χ1n) is 9.33. The number of benzene rings is 1. The number of esters is 2. The summed E-state index contributed by atoms with van der Waals surface area (Å²) in [5, 5.41) is 0. The van der Waals surface area contributed by atoms with Gasteiger partial charge < -0.3 is 18.9 Å². The van der Waals surface area contributed by atoms with Crippen molar-refractivity contribution < 1.29 is 54.7 Å². The van der Waals surface area contributed by atoms with Crippen LogP contribution in [-0.4, -0.2) is 55.8 Å². The van der Waals surface area contributed by atoms with Crippen molar-refractivity contribution >= 4 is 22.1 Å². The maximum absolute atomic E-state index is 12.8. The third-order valence-corrected chi connectivity index (χ3v) is 5.15. The third-order valence-electron chi connectivity index (χ3n) is 4.47. The summed E-state index contributed by atoms with van der Waals surface area (Å²) in [7, 11) is -4.33. The van der Waals surface area contributed by atoms with Crippen LogP contribution in [0.4, 0.5) is 13.2 Å². The zero-order valence-corrected chi connectivity index (χ0v) is 17.5. The van der Waals surface area contributed by atoms with Crippen molar-refractivity contribution in [3.05, 3.63) is 36.4 Å².